The zero-order valence-electron chi connectivity index (χ0n) is 13.6. The van der Waals surface area contributed by atoms with Gasteiger partial charge in [0, 0.05) is 10.8 Å². The van der Waals surface area contributed by atoms with Gasteiger partial charge in [0.05, 0.1) is 0 Å². The maximum absolute atomic E-state index is 2.41. The molecule has 0 aromatic heterocycles. The SMILES string of the molecule is CC1=C(C)C(C)(C)C2=C1C(C)(C)C(C(C)C)=C2C. The van der Waals surface area contributed by atoms with Crippen LogP contribution in [0.5, 0.6) is 0 Å². The van der Waals surface area contributed by atoms with Crippen LogP contribution >= 0.6 is 0 Å². The van der Waals surface area contributed by atoms with Gasteiger partial charge in [-0.1, -0.05) is 52.7 Å². The zero-order valence-corrected chi connectivity index (χ0v) is 13.6. The Balaban J connectivity index is 2.74. The van der Waals surface area contributed by atoms with Crippen LogP contribution in [-0.2, 0) is 0 Å². The van der Waals surface area contributed by atoms with E-state index in [1.807, 2.05) is 0 Å². The molecule has 0 amide bonds. The van der Waals surface area contributed by atoms with Crippen molar-refractivity contribution in [2.24, 2.45) is 16.7 Å². The minimum absolute atomic E-state index is 0.215. The average Bonchev–Trinajstić information content (AvgIpc) is 2.52. The third-order valence-corrected chi connectivity index (χ3v) is 5.40. The molecule has 2 aliphatic rings. The molecule has 0 nitrogen and oxygen atoms in total. The van der Waals surface area contributed by atoms with E-state index in [0.29, 0.717) is 5.92 Å². The Hall–Kier alpha value is -0.780. The molecule has 18 heavy (non-hydrogen) atoms. The predicted octanol–water partition coefficient (Wildman–Crippen LogP) is 5.67. The molecule has 0 bridgehead atoms. The van der Waals surface area contributed by atoms with Crippen molar-refractivity contribution < 1.29 is 0 Å². The van der Waals surface area contributed by atoms with Gasteiger partial charge in [0.1, 0.15) is 0 Å². The van der Waals surface area contributed by atoms with Crippen LogP contribution in [0.1, 0.15) is 62.3 Å². The topological polar surface area (TPSA) is 0 Å². The van der Waals surface area contributed by atoms with E-state index in [1.54, 1.807) is 27.9 Å². The summed E-state index contributed by atoms with van der Waals surface area (Å²) in [6.07, 6.45) is 0. The lowest BCUT2D eigenvalue weighted by Gasteiger charge is -2.31. The molecule has 0 radical (unpaired) electrons. The molecular weight excluding hydrogens is 216 g/mol. The van der Waals surface area contributed by atoms with Gasteiger partial charge in [-0.05, 0) is 49.0 Å². The zero-order chi connectivity index (χ0) is 14.0. The molecule has 0 aromatic rings. The van der Waals surface area contributed by atoms with Crippen molar-refractivity contribution in [1.82, 2.24) is 0 Å². The Bertz CT molecular complexity index is 502. The largest absolute Gasteiger partial charge is 0.0600 e. The maximum Gasteiger partial charge on any atom is 0.0119 e. The van der Waals surface area contributed by atoms with E-state index in [1.165, 1.54) is 5.57 Å². The Labute approximate surface area is 113 Å². The van der Waals surface area contributed by atoms with Crippen LogP contribution in [0.4, 0.5) is 0 Å². The minimum atomic E-state index is 0.215. The first-order chi connectivity index (χ1) is 8.04. The Morgan fingerprint density at radius 1 is 0.722 bits per heavy atom. The number of hydrogen-bond donors (Lipinski definition) is 0. The molecule has 0 aliphatic heterocycles. The van der Waals surface area contributed by atoms with Gasteiger partial charge in [-0.15, -0.1) is 0 Å². The number of allylic oxidation sites excluding steroid dienone is 6. The molecule has 0 spiro atoms. The van der Waals surface area contributed by atoms with Crippen molar-refractivity contribution in [1.29, 1.82) is 0 Å². The first-order valence-corrected chi connectivity index (χ1v) is 7.19. The standard InChI is InChI=1S/C18H28/c1-10(2)14-12(4)16-15(18(14,8)9)11(3)13(5)17(16,6)7/h10H,1-9H3. The van der Waals surface area contributed by atoms with E-state index in [4.69, 9.17) is 0 Å². The average molecular weight is 244 g/mol. The minimum Gasteiger partial charge on any atom is -0.0600 e. The Morgan fingerprint density at radius 2 is 1.17 bits per heavy atom. The number of hydrogen-bond acceptors (Lipinski definition) is 0. The van der Waals surface area contributed by atoms with E-state index >= 15 is 0 Å². The third-order valence-electron chi connectivity index (χ3n) is 5.40. The summed E-state index contributed by atoms with van der Waals surface area (Å²) in [6, 6.07) is 0. The van der Waals surface area contributed by atoms with Gasteiger partial charge in [0.25, 0.3) is 0 Å². The highest BCUT2D eigenvalue weighted by Gasteiger charge is 2.48. The van der Waals surface area contributed by atoms with Gasteiger partial charge in [-0.3, -0.25) is 0 Å². The smallest absolute Gasteiger partial charge is 0.0119 e. The highest BCUT2D eigenvalue weighted by atomic mass is 14.5. The first kappa shape index (κ1) is 13.6. The van der Waals surface area contributed by atoms with Gasteiger partial charge in [-0.2, -0.15) is 0 Å². The molecule has 100 valence electrons. The van der Waals surface area contributed by atoms with Crippen molar-refractivity contribution in [2.75, 3.05) is 0 Å². The van der Waals surface area contributed by atoms with E-state index in [2.05, 4.69) is 62.3 Å². The number of rotatable bonds is 1. The van der Waals surface area contributed by atoms with E-state index in [0.717, 1.165) is 0 Å². The van der Waals surface area contributed by atoms with E-state index in [-0.39, 0.29) is 10.8 Å². The van der Waals surface area contributed by atoms with Gasteiger partial charge >= 0.3 is 0 Å². The van der Waals surface area contributed by atoms with Gasteiger partial charge in [0.2, 0.25) is 0 Å². The second-order valence-corrected chi connectivity index (χ2v) is 7.44. The highest BCUT2D eigenvalue weighted by Crippen LogP contribution is 2.62. The maximum atomic E-state index is 2.41. The van der Waals surface area contributed by atoms with Gasteiger partial charge in [-0.25, -0.2) is 0 Å². The first-order valence-electron chi connectivity index (χ1n) is 7.19. The van der Waals surface area contributed by atoms with Crippen molar-refractivity contribution in [3.8, 4) is 0 Å². The molecule has 0 saturated carbocycles. The molecule has 2 aliphatic carbocycles. The van der Waals surface area contributed by atoms with Crippen molar-refractivity contribution >= 4 is 0 Å². The second-order valence-electron chi connectivity index (χ2n) is 7.44. The van der Waals surface area contributed by atoms with Gasteiger partial charge < -0.3 is 0 Å². The molecule has 0 atom stereocenters. The van der Waals surface area contributed by atoms with Crippen LogP contribution in [0.2, 0.25) is 0 Å². The predicted molar refractivity (Wildman–Crippen MR) is 80.5 cm³/mol. The fraction of sp³-hybridized carbons (Fsp3) is 0.667. The lowest BCUT2D eigenvalue weighted by molar-refractivity contribution is 0.489. The Morgan fingerprint density at radius 3 is 1.56 bits per heavy atom. The molecule has 0 heterocycles. The summed E-state index contributed by atoms with van der Waals surface area (Å²) >= 11 is 0. The Kier molecular flexibility index (Phi) is 2.74. The molecule has 2 rings (SSSR count). The van der Waals surface area contributed by atoms with Crippen molar-refractivity contribution in [3.05, 3.63) is 33.4 Å². The fourth-order valence-electron chi connectivity index (χ4n) is 4.67. The summed E-state index contributed by atoms with van der Waals surface area (Å²) in [6.45, 7) is 21.2. The summed E-state index contributed by atoms with van der Waals surface area (Å²) < 4.78 is 0. The van der Waals surface area contributed by atoms with Crippen LogP contribution < -0.4 is 0 Å². The summed E-state index contributed by atoms with van der Waals surface area (Å²) in [5.41, 5.74) is 9.97. The van der Waals surface area contributed by atoms with Crippen molar-refractivity contribution in [2.45, 2.75) is 62.3 Å². The normalized spacial score (nSPS) is 25.7. The van der Waals surface area contributed by atoms with E-state index < -0.39 is 0 Å². The molecule has 0 unspecified atom stereocenters. The lowest BCUT2D eigenvalue weighted by atomic mass is 9.73. The van der Waals surface area contributed by atoms with Crippen LogP contribution in [0.25, 0.3) is 0 Å². The van der Waals surface area contributed by atoms with Crippen molar-refractivity contribution in [3.63, 3.8) is 0 Å². The molecular formula is C18H28. The second kappa shape index (κ2) is 3.62. The van der Waals surface area contributed by atoms with Crippen LogP contribution in [0, 0.1) is 16.7 Å². The quantitative estimate of drug-likeness (QED) is 0.557. The monoisotopic (exact) mass is 244 g/mol. The molecule has 0 heteroatoms. The third kappa shape index (κ3) is 1.38. The summed E-state index contributed by atoms with van der Waals surface area (Å²) in [5.74, 6) is 0.634. The molecule has 0 aromatic carbocycles. The lowest BCUT2D eigenvalue weighted by Crippen LogP contribution is -2.19. The van der Waals surface area contributed by atoms with Crippen LogP contribution in [-0.4, -0.2) is 0 Å². The molecule has 0 N–H and O–H groups in total. The summed E-state index contributed by atoms with van der Waals surface area (Å²) in [7, 11) is 0. The van der Waals surface area contributed by atoms with Crippen LogP contribution in [0.3, 0.4) is 0 Å². The summed E-state index contributed by atoms with van der Waals surface area (Å²) in [4.78, 5) is 0. The molecule has 0 saturated heterocycles. The fourth-order valence-corrected chi connectivity index (χ4v) is 4.67. The summed E-state index contributed by atoms with van der Waals surface area (Å²) in [5, 5.41) is 0. The van der Waals surface area contributed by atoms with Gasteiger partial charge in [0.15, 0.2) is 0 Å². The molecule has 0 fully saturated rings. The van der Waals surface area contributed by atoms with E-state index in [9.17, 15) is 0 Å². The highest BCUT2D eigenvalue weighted by molar-refractivity contribution is 5.67. The van der Waals surface area contributed by atoms with Crippen LogP contribution in [0.15, 0.2) is 33.4 Å².